The third-order valence-electron chi connectivity index (χ3n) is 4.60. The quantitative estimate of drug-likeness (QED) is 0.914. The first-order valence-electron chi connectivity index (χ1n) is 7.66. The average Bonchev–Trinajstić information content (AvgIpc) is 2.52. The van der Waals surface area contributed by atoms with Gasteiger partial charge in [-0.2, -0.15) is 0 Å². The van der Waals surface area contributed by atoms with E-state index in [-0.39, 0.29) is 0 Å². The first kappa shape index (κ1) is 15.0. The maximum atomic E-state index is 11.2. The van der Waals surface area contributed by atoms with Crippen LogP contribution >= 0.6 is 0 Å². The highest BCUT2D eigenvalue weighted by Gasteiger charge is 2.33. The van der Waals surface area contributed by atoms with Crippen LogP contribution in [0.15, 0.2) is 36.4 Å². The Morgan fingerprint density at radius 3 is 2.68 bits per heavy atom. The number of aliphatic carboxylic acids is 1. The van der Waals surface area contributed by atoms with Gasteiger partial charge in [-0.1, -0.05) is 36.4 Å². The number of aryl methyl sites for hydroxylation is 1. The Bertz CT molecular complexity index is 698. The molecule has 0 spiro atoms. The third-order valence-corrected chi connectivity index (χ3v) is 4.60. The highest BCUT2D eigenvalue weighted by atomic mass is 16.4. The van der Waals surface area contributed by atoms with Gasteiger partial charge in [-0.15, -0.1) is 0 Å². The predicted molar refractivity (Wildman–Crippen MR) is 85.7 cm³/mol. The molecule has 0 aliphatic carbocycles. The number of hydrogen-bond acceptors (Lipinski definition) is 3. The number of aliphatic hydroxyl groups excluding tert-OH is 1. The minimum Gasteiger partial charge on any atom is -0.481 e. The Morgan fingerprint density at radius 1 is 1.23 bits per heavy atom. The smallest absolute Gasteiger partial charge is 0.310 e. The number of aliphatic hydroxyl groups is 1. The Kier molecular flexibility index (Phi) is 4.14. The molecule has 0 bridgehead atoms. The van der Waals surface area contributed by atoms with Crippen molar-refractivity contribution < 1.29 is 15.0 Å². The monoisotopic (exact) mass is 299 g/mol. The van der Waals surface area contributed by atoms with E-state index >= 15 is 0 Å². The average molecular weight is 299 g/mol. The number of carboxylic acid groups (broad SMARTS) is 1. The van der Waals surface area contributed by atoms with Crippen molar-refractivity contribution in [1.82, 2.24) is 4.90 Å². The van der Waals surface area contributed by atoms with Gasteiger partial charge in [-0.25, -0.2) is 0 Å². The topological polar surface area (TPSA) is 60.8 Å². The van der Waals surface area contributed by atoms with E-state index in [1.54, 1.807) is 0 Å². The summed E-state index contributed by atoms with van der Waals surface area (Å²) in [6.45, 7) is 3.95. The standard InChI is InChI=1S/C18H21NO3/c1-12-6-7-13(15-5-3-2-4-14(12)15)10-19-9-8-17(20)16(11-19)18(21)22/h2-7,16-17,20H,8-11H2,1H3,(H,21,22)/t16-,17+/m1/s1. The number of rotatable bonds is 3. The summed E-state index contributed by atoms with van der Waals surface area (Å²) in [7, 11) is 0. The molecule has 2 aromatic rings. The van der Waals surface area contributed by atoms with Crippen molar-refractivity contribution in [3.05, 3.63) is 47.5 Å². The van der Waals surface area contributed by atoms with E-state index in [1.807, 2.05) is 12.1 Å². The molecule has 2 atom stereocenters. The molecule has 0 unspecified atom stereocenters. The zero-order valence-electron chi connectivity index (χ0n) is 12.7. The number of piperidine rings is 1. The summed E-state index contributed by atoms with van der Waals surface area (Å²) in [5.41, 5.74) is 2.46. The van der Waals surface area contributed by atoms with E-state index in [1.165, 1.54) is 21.9 Å². The first-order valence-corrected chi connectivity index (χ1v) is 7.66. The van der Waals surface area contributed by atoms with E-state index in [0.717, 1.165) is 13.1 Å². The minimum atomic E-state index is -0.911. The highest BCUT2D eigenvalue weighted by Crippen LogP contribution is 2.25. The molecule has 4 nitrogen and oxygen atoms in total. The lowest BCUT2D eigenvalue weighted by atomic mass is 9.93. The van der Waals surface area contributed by atoms with Crippen molar-refractivity contribution in [2.24, 2.45) is 5.92 Å². The van der Waals surface area contributed by atoms with E-state index in [4.69, 9.17) is 0 Å². The number of nitrogens with zero attached hydrogens (tertiary/aromatic N) is 1. The number of carbonyl (C=O) groups is 1. The van der Waals surface area contributed by atoms with Gasteiger partial charge in [0.05, 0.1) is 12.0 Å². The van der Waals surface area contributed by atoms with Crippen LogP contribution in [0.2, 0.25) is 0 Å². The maximum Gasteiger partial charge on any atom is 0.310 e. The van der Waals surface area contributed by atoms with Gasteiger partial charge in [0.15, 0.2) is 0 Å². The molecule has 0 aromatic heterocycles. The highest BCUT2D eigenvalue weighted by molar-refractivity contribution is 5.88. The fourth-order valence-electron chi connectivity index (χ4n) is 3.28. The molecule has 2 aromatic carbocycles. The molecule has 0 saturated carbocycles. The van der Waals surface area contributed by atoms with Crippen LogP contribution in [0, 0.1) is 12.8 Å². The Labute approximate surface area is 130 Å². The number of likely N-dealkylation sites (tertiary alicyclic amines) is 1. The van der Waals surface area contributed by atoms with Gasteiger partial charge >= 0.3 is 5.97 Å². The van der Waals surface area contributed by atoms with Crippen LogP contribution in [0.1, 0.15) is 17.5 Å². The zero-order chi connectivity index (χ0) is 15.7. The lowest BCUT2D eigenvalue weighted by Gasteiger charge is -2.34. The van der Waals surface area contributed by atoms with Crippen LogP contribution in [-0.2, 0) is 11.3 Å². The molecule has 3 rings (SSSR count). The normalized spacial score (nSPS) is 22.8. The Morgan fingerprint density at radius 2 is 1.95 bits per heavy atom. The predicted octanol–water partition coefficient (Wildman–Crippen LogP) is 2.42. The van der Waals surface area contributed by atoms with Gasteiger partial charge in [0, 0.05) is 19.6 Å². The van der Waals surface area contributed by atoms with Crippen molar-refractivity contribution >= 4 is 16.7 Å². The van der Waals surface area contributed by atoms with Crippen molar-refractivity contribution in [1.29, 1.82) is 0 Å². The minimum absolute atomic E-state index is 0.401. The molecule has 1 fully saturated rings. The van der Waals surface area contributed by atoms with Gasteiger partial charge in [0.1, 0.15) is 0 Å². The Hall–Kier alpha value is -1.91. The van der Waals surface area contributed by atoms with Gasteiger partial charge in [0.25, 0.3) is 0 Å². The van der Waals surface area contributed by atoms with E-state index in [0.29, 0.717) is 13.0 Å². The number of hydrogen-bond donors (Lipinski definition) is 2. The summed E-state index contributed by atoms with van der Waals surface area (Å²) in [6.07, 6.45) is -0.218. The van der Waals surface area contributed by atoms with E-state index in [2.05, 4.69) is 36.1 Å². The lowest BCUT2D eigenvalue weighted by Crippen LogP contribution is -2.46. The van der Waals surface area contributed by atoms with Gasteiger partial charge < -0.3 is 10.2 Å². The summed E-state index contributed by atoms with van der Waals surface area (Å²) < 4.78 is 0. The molecule has 1 aliphatic heterocycles. The summed E-state index contributed by atoms with van der Waals surface area (Å²) in [4.78, 5) is 13.4. The fraction of sp³-hybridized carbons (Fsp3) is 0.389. The maximum absolute atomic E-state index is 11.2. The fourth-order valence-corrected chi connectivity index (χ4v) is 3.28. The van der Waals surface area contributed by atoms with E-state index < -0.39 is 18.0 Å². The number of benzene rings is 2. The van der Waals surface area contributed by atoms with Crippen molar-refractivity contribution in [3.8, 4) is 0 Å². The van der Waals surface area contributed by atoms with Crippen molar-refractivity contribution in [3.63, 3.8) is 0 Å². The molecule has 0 amide bonds. The Balaban J connectivity index is 1.85. The second kappa shape index (κ2) is 6.07. The van der Waals surface area contributed by atoms with Crippen LogP contribution in [0.5, 0.6) is 0 Å². The largest absolute Gasteiger partial charge is 0.481 e. The second-order valence-electron chi connectivity index (χ2n) is 6.12. The van der Waals surface area contributed by atoms with Crippen LogP contribution < -0.4 is 0 Å². The molecule has 4 heteroatoms. The lowest BCUT2D eigenvalue weighted by molar-refractivity contribution is -0.149. The van der Waals surface area contributed by atoms with Crippen molar-refractivity contribution in [2.45, 2.75) is 26.0 Å². The molecule has 1 aliphatic rings. The molecular weight excluding hydrogens is 278 g/mol. The molecule has 1 heterocycles. The van der Waals surface area contributed by atoms with Crippen LogP contribution in [0.4, 0.5) is 0 Å². The molecule has 2 N–H and O–H groups in total. The first-order chi connectivity index (χ1) is 10.6. The second-order valence-corrected chi connectivity index (χ2v) is 6.12. The zero-order valence-corrected chi connectivity index (χ0v) is 12.7. The molecule has 1 saturated heterocycles. The van der Waals surface area contributed by atoms with Gasteiger partial charge in [0.2, 0.25) is 0 Å². The molecule has 116 valence electrons. The third kappa shape index (κ3) is 2.85. The van der Waals surface area contributed by atoms with Gasteiger partial charge in [-0.05, 0) is 35.2 Å². The summed E-state index contributed by atoms with van der Waals surface area (Å²) in [5, 5.41) is 21.5. The summed E-state index contributed by atoms with van der Waals surface area (Å²) >= 11 is 0. The van der Waals surface area contributed by atoms with Gasteiger partial charge in [-0.3, -0.25) is 9.69 Å². The molecular formula is C18H21NO3. The SMILES string of the molecule is Cc1ccc(CN2CC[C@H](O)[C@H](C(=O)O)C2)c2ccccc12. The van der Waals surface area contributed by atoms with Crippen LogP contribution in [0.25, 0.3) is 10.8 Å². The number of fused-ring (bicyclic) bond motifs is 1. The molecule has 22 heavy (non-hydrogen) atoms. The van der Waals surface area contributed by atoms with E-state index in [9.17, 15) is 15.0 Å². The van der Waals surface area contributed by atoms with Crippen LogP contribution in [-0.4, -0.2) is 40.3 Å². The van der Waals surface area contributed by atoms with Crippen LogP contribution in [0.3, 0.4) is 0 Å². The summed E-state index contributed by atoms with van der Waals surface area (Å²) in [5.74, 6) is -1.60. The van der Waals surface area contributed by atoms with Crippen molar-refractivity contribution in [2.75, 3.05) is 13.1 Å². The number of carboxylic acids is 1. The molecule has 0 radical (unpaired) electrons. The summed E-state index contributed by atoms with van der Waals surface area (Å²) in [6, 6.07) is 12.5.